The molecule has 0 saturated carbocycles. The predicted molar refractivity (Wildman–Crippen MR) is 83.8 cm³/mol. The van der Waals surface area contributed by atoms with Gasteiger partial charge in [-0.15, -0.1) is 0 Å². The number of rotatable bonds is 5. The molecule has 2 rings (SSSR count). The second-order valence-electron chi connectivity index (χ2n) is 5.94. The first-order chi connectivity index (χ1) is 9.87. The standard InChI is InChI=1S/C15H23FN2O2S/c1-12(2)10-17-11-13-9-14(16)3-4-15(13)18-5-7-21(19,20)8-6-18/h3-4,9,12,17H,5-8,10-11H2,1-2H3. The van der Waals surface area contributed by atoms with Gasteiger partial charge in [-0.2, -0.15) is 0 Å². The summed E-state index contributed by atoms with van der Waals surface area (Å²) in [6.45, 7) is 6.65. The first-order valence-corrected chi connectivity index (χ1v) is 9.14. The van der Waals surface area contributed by atoms with Crippen molar-refractivity contribution in [3.63, 3.8) is 0 Å². The van der Waals surface area contributed by atoms with E-state index in [4.69, 9.17) is 0 Å². The fourth-order valence-electron chi connectivity index (χ4n) is 2.45. The quantitative estimate of drug-likeness (QED) is 0.900. The molecule has 21 heavy (non-hydrogen) atoms. The van der Waals surface area contributed by atoms with Gasteiger partial charge in [0.1, 0.15) is 5.82 Å². The van der Waals surface area contributed by atoms with Gasteiger partial charge in [0.2, 0.25) is 0 Å². The van der Waals surface area contributed by atoms with Crippen LogP contribution in [-0.2, 0) is 16.4 Å². The van der Waals surface area contributed by atoms with E-state index in [-0.39, 0.29) is 17.3 Å². The summed E-state index contributed by atoms with van der Waals surface area (Å²) in [6.07, 6.45) is 0. The molecule has 1 aliphatic heterocycles. The van der Waals surface area contributed by atoms with E-state index in [1.54, 1.807) is 6.07 Å². The summed E-state index contributed by atoms with van der Waals surface area (Å²) in [5.74, 6) is 0.610. The molecule has 0 bridgehead atoms. The number of nitrogens with zero attached hydrogens (tertiary/aromatic N) is 1. The van der Waals surface area contributed by atoms with Crippen LogP contribution in [0.2, 0.25) is 0 Å². The fourth-order valence-corrected chi connectivity index (χ4v) is 3.65. The molecule has 0 amide bonds. The van der Waals surface area contributed by atoms with Crippen LogP contribution in [-0.4, -0.2) is 39.6 Å². The van der Waals surface area contributed by atoms with Crippen LogP contribution in [0.25, 0.3) is 0 Å². The Hall–Kier alpha value is -1.14. The number of benzene rings is 1. The predicted octanol–water partition coefficient (Wildman–Crippen LogP) is 1.81. The summed E-state index contributed by atoms with van der Waals surface area (Å²) < 4.78 is 36.5. The molecular formula is C15H23FN2O2S. The summed E-state index contributed by atoms with van der Waals surface area (Å²) in [5.41, 5.74) is 1.82. The van der Waals surface area contributed by atoms with Crippen molar-refractivity contribution in [2.24, 2.45) is 5.92 Å². The average Bonchev–Trinajstić information content (AvgIpc) is 2.39. The molecule has 1 aromatic rings. The summed E-state index contributed by atoms with van der Waals surface area (Å²) in [5, 5.41) is 3.31. The highest BCUT2D eigenvalue weighted by atomic mass is 32.2. The van der Waals surface area contributed by atoms with Crippen LogP contribution in [0.15, 0.2) is 18.2 Å². The van der Waals surface area contributed by atoms with Crippen LogP contribution >= 0.6 is 0 Å². The number of nitrogens with one attached hydrogen (secondary N) is 1. The van der Waals surface area contributed by atoms with Crippen molar-refractivity contribution in [1.82, 2.24) is 5.32 Å². The average molecular weight is 314 g/mol. The van der Waals surface area contributed by atoms with Gasteiger partial charge >= 0.3 is 0 Å². The lowest BCUT2D eigenvalue weighted by Crippen LogP contribution is -2.41. The van der Waals surface area contributed by atoms with Gasteiger partial charge in [0.05, 0.1) is 11.5 Å². The van der Waals surface area contributed by atoms with E-state index in [9.17, 15) is 12.8 Å². The second kappa shape index (κ2) is 6.75. The van der Waals surface area contributed by atoms with Crippen LogP contribution in [0.4, 0.5) is 10.1 Å². The monoisotopic (exact) mass is 314 g/mol. The molecule has 0 radical (unpaired) electrons. The lowest BCUT2D eigenvalue weighted by Gasteiger charge is -2.30. The lowest BCUT2D eigenvalue weighted by molar-refractivity contribution is 0.549. The third-order valence-electron chi connectivity index (χ3n) is 3.59. The van der Waals surface area contributed by atoms with Crippen LogP contribution in [0, 0.1) is 11.7 Å². The van der Waals surface area contributed by atoms with Crippen molar-refractivity contribution in [3.05, 3.63) is 29.6 Å². The normalized spacial score (nSPS) is 18.2. The van der Waals surface area contributed by atoms with E-state index in [2.05, 4.69) is 19.2 Å². The van der Waals surface area contributed by atoms with Crippen LogP contribution in [0.3, 0.4) is 0 Å². The highest BCUT2D eigenvalue weighted by Gasteiger charge is 2.23. The molecule has 0 aromatic heterocycles. The van der Waals surface area contributed by atoms with Crippen molar-refractivity contribution in [1.29, 1.82) is 0 Å². The van der Waals surface area contributed by atoms with E-state index in [0.717, 1.165) is 17.8 Å². The van der Waals surface area contributed by atoms with E-state index in [0.29, 0.717) is 25.6 Å². The Labute approximate surface area is 126 Å². The molecule has 118 valence electrons. The first kappa shape index (κ1) is 16.2. The van der Waals surface area contributed by atoms with Gasteiger partial charge in [-0.05, 0) is 36.2 Å². The fraction of sp³-hybridized carbons (Fsp3) is 0.600. The Balaban J connectivity index is 2.11. The summed E-state index contributed by atoms with van der Waals surface area (Å²) in [7, 11) is -2.90. The molecular weight excluding hydrogens is 291 g/mol. The van der Waals surface area contributed by atoms with Crippen LogP contribution < -0.4 is 10.2 Å². The van der Waals surface area contributed by atoms with Crippen molar-refractivity contribution in [2.45, 2.75) is 20.4 Å². The first-order valence-electron chi connectivity index (χ1n) is 7.32. The van der Waals surface area contributed by atoms with Gasteiger partial charge in [0.15, 0.2) is 9.84 Å². The third kappa shape index (κ3) is 4.68. The van der Waals surface area contributed by atoms with Gasteiger partial charge < -0.3 is 10.2 Å². The molecule has 6 heteroatoms. The highest BCUT2D eigenvalue weighted by molar-refractivity contribution is 7.91. The van der Waals surface area contributed by atoms with E-state index < -0.39 is 9.84 Å². The number of hydrogen-bond acceptors (Lipinski definition) is 4. The highest BCUT2D eigenvalue weighted by Crippen LogP contribution is 2.23. The van der Waals surface area contributed by atoms with Crippen LogP contribution in [0.1, 0.15) is 19.4 Å². The maximum Gasteiger partial charge on any atom is 0.153 e. The zero-order valence-corrected chi connectivity index (χ0v) is 13.4. The molecule has 1 aromatic carbocycles. The Morgan fingerprint density at radius 1 is 1.29 bits per heavy atom. The van der Waals surface area contributed by atoms with Crippen molar-refractivity contribution < 1.29 is 12.8 Å². The maximum atomic E-state index is 13.5. The van der Waals surface area contributed by atoms with Crippen molar-refractivity contribution >= 4 is 15.5 Å². The van der Waals surface area contributed by atoms with Crippen LogP contribution in [0.5, 0.6) is 0 Å². The molecule has 1 aliphatic rings. The molecule has 0 spiro atoms. The SMILES string of the molecule is CC(C)CNCc1cc(F)ccc1N1CCS(=O)(=O)CC1. The molecule has 4 nitrogen and oxygen atoms in total. The zero-order valence-electron chi connectivity index (χ0n) is 12.6. The Morgan fingerprint density at radius 3 is 2.57 bits per heavy atom. The van der Waals surface area contributed by atoms with Gasteiger partial charge in [0, 0.05) is 25.3 Å². The Morgan fingerprint density at radius 2 is 1.95 bits per heavy atom. The van der Waals surface area contributed by atoms with Gasteiger partial charge in [-0.25, -0.2) is 12.8 Å². The smallest absolute Gasteiger partial charge is 0.153 e. The molecule has 0 aliphatic carbocycles. The summed E-state index contributed by atoms with van der Waals surface area (Å²) in [4.78, 5) is 2.03. The largest absolute Gasteiger partial charge is 0.369 e. The molecule has 1 fully saturated rings. The number of sulfone groups is 1. The van der Waals surface area contributed by atoms with Gasteiger partial charge in [-0.3, -0.25) is 0 Å². The molecule has 1 saturated heterocycles. The minimum absolute atomic E-state index is 0.170. The zero-order chi connectivity index (χ0) is 15.5. The Bertz CT molecular complexity index is 573. The molecule has 0 unspecified atom stereocenters. The lowest BCUT2D eigenvalue weighted by atomic mass is 10.1. The van der Waals surface area contributed by atoms with Crippen molar-refractivity contribution in [3.8, 4) is 0 Å². The second-order valence-corrected chi connectivity index (χ2v) is 8.24. The minimum atomic E-state index is -2.90. The number of anilines is 1. The molecule has 0 atom stereocenters. The Kier molecular flexibility index (Phi) is 5.22. The van der Waals surface area contributed by atoms with E-state index in [1.807, 2.05) is 4.90 Å². The summed E-state index contributed by atoms with van der Waals surface area (Å²) in [6, 6.07) is 4.72. The van der Waals surface area contributed by atoms with Crippen molar-refractivity contribution in [2.75, 3.05) is 36.0 Å². The third-order valence-corrected chi connectivity index (χ3v) is 5.20. The number of halogens is 1. The maximum absolute atomic E-state index is 13.5. The van der Waals surface area contributed by atoms with E-state index in [1.165, 1.54) is 12.1 Å². The topological polar surface area (TPSA) is 49.4 Å². The minimum Gasteiger partial charge on any atom is -0.369 e. The van der Waals surface area contributed by atoms with Gasteiger partial charge in [-0.1, -0.05) is 13.8 Å². The molecule has 1 N–H and O–H groups in total. The summed E-state index contributed by atoms with van der Waals surface area (Å²) >= 11 is 0. The van der Waals surface area contributed by atoms with Gasteiger partial charge in [0.25, 0.3) is 0 Å². The van der Waals surface area contributed by atoms with E-state index >= 15 is 0 Å². The number of hydrogen-bond donors (Lipinski definition) is 1. The molecule has 1 heterocycles.